The first-order valence-corrected chi connectivity index (χ1v) is 12.9. The second-order valence-electron chi connectivity index (χ2n) is 10.9. The third-order valence-corrected chi connectivity index (χ3v) is 8.50. The Kier molecular flexibility index (Phi) is 7.76. The van der Waals surface area contributed by atoms with E-state index >= 15 is 0 Å². The van der Waals surface area contributed by atoms with Crippen molar-refractivity contribution in [3.63, 3.8) is 0 Å². The van der Waals surface area contributed by atoms with Gasteiger partial charge >= 0.3 is 0 Å². The summed E-state index contributed by atoms with van der Waals surface area (Å²) in [6.07, 6.45) is 7.09. The normalized spacial score (nSPS) is 35.7. The van der Waals surface area contributed by atoms with Crippen LogP contribution in [-0.4, -0.2) is 77.7 Å². The van der Waals surface area contributed by atoms with E-state index in [0.717, 1.165) is 51.5 Å². The minimum Gasteiger partial charge on any atom is -0.387 e. The highest BCUT2D eigenvalue weighted by Crippen LogP contribution is 2.44. The molecule has 2 saturated heterocycles. The second-order valence-corrected chi connectivity index (χ2v) is 10.9. The number of nitrogens with zero attached hydrogens (tertiary/aromatic N) is 2. The molecule has 0 radical (unpaired) electrons. The summed E-state index contributed by atoms with van der Waals surface area (Å²) < 4.78 is 27.7. The fourth-order valence-corrected chi connectivity index (χ4v) is 6.78. The number of rotatable bonds is 7. The zero-order valence-electron chi connectivity index (χ0n) is 20.0. The van der Waals surface area contributed by atoms with Crippen LogP contribution in [0.25, 0.3) is 0 Å². The molecule has 2 amide bonds. The molecule has 34 heavy (non-hydrogen) atoms. The number of hydrogen-bond donors (Lipinski definition) is 4. The third-order valence-electron chi connectivity index (χ3n) is 8.50. The largest absolute Gasteiger partial charge is 0.387 e. The maximum Gasteiger partial charge on any atom is 0.267 e. The van der Waals surface area contributed by atoms with Gasteiger partial charge in [0.15, 0.2) is 0 Å². The van der Waals surface area contributed by atoms with Gasteiger partial charge in [0.2, 0.25) is 11.8 Å². The lowest BCUT2D eigenvalue weighted by Crippen LogP contribution is -2.51. The van der Waals surface area contributed by atoms with Gasteiger partial charge in [-0.25, -0.2) is 8.78 Å². The van der Waals surface area contributed by atoms with Crippen LogP contribution in [0.5, 0.6) is 0 Å². The monoisotopic (exact) mass is 482 g/mol. The van der Waals surface area contributed by atoms with E-state index in [-0.39, 0.29) is 54.7 Å². The predicted molar refractivity (Wildman–Crippen MR) is 125 cm³/mol. The van der Waals surface area contributed by atoms with E-state index in [4.69, 9.17) is 16.9 Å². The standard InChI is InChI=1S/C24H40F2N6O2/c25-24(26)7-9-31(14-24)23(34)20-11-16-4-5-17(22(28)29)12-19(16)32(20)13-15-2-1-3-18(10-15)30-21(33)6-8-27/h15-20H,1-14,27H2,(H3,28,29)(H,30,33). The number of hydrogen-bond acceptors (Lipinski definition) is 5. The van der Waals surface area contributed by atoms with Crippen LogP contribution in [0.3, 0.4) is 0 Å². The second kappa shape index (κ2) is 10.4. The predicted octanol–water partition coefficient (Wildman–Crippen LogP) is 1.67. The van der Waals surface area contributed by atoms with Crippen LogP contribution in [0.15, 0.2) is 0 Å². The number of nitrogens with one attached hydrogen (secondary N) is 2. The highest BCUT2D eigenvalue weighted by atomic mass is 19.3. The minimum atomic E-state index is -2.80. The molecule has 10 heteroatoms. The van der Waals surface area contributed by atoms with E-state index in [0.29, 0.717) is 31.2 Å². The summed E-state index contributed by atoms with van der Waals surface area (Å²) in [6, 6.07) is -0.132. The van der Waals surface area contributed by atoms with Gasteiger partial charge in [0.25, 0.3) is 5.92 Å². The summed E-state index contributed by atoms with van der Waals surface area (Å²) >= 11 is 0. The van der Waals surface area contributed by atoms with Crippen molar-refractivity contribution in [1.82, 2.24) is 15.1 Å². The van der Waals surface area contributed by atoms with Gasteiger partial charge < -0.3 is 21.7 Å². The topological polar surface area (TPSA) is 129 Å². The Hall–Kier alpha value is -1.81. The lowest BCUT2D eigenvalue weighted by atomic mass is 9.77. The fraction of sp³-hybridized carbons (Fsp3) is 0.875. The molecular weight excluding hydrogens is 442 g/mol. The number of fused-ring (bicyclic) bond motifs is 1. The maximum atomic E-state index is 13.9. The fourth-order valence-electron chi connectivity index (χ4n) is 6.78. The Bertz CT molecular complexity index is 781. The van der Waals surface area contributed by atoms with Crippen molar-refractivity contribution in [2.24, 2.45) is 29.2 Å². The van der Waals surface area contributed by atoms with E-state index in [9.17, 15) is 18.4 Å². The average molecular weight is 483 g/mol. The first kappa shape index (κ1) is 25.3. The summed E-state index contributed by atoms with van der Waals surface area (Å²) in [5, 5.41) is 11.1. The van der Waals surface area contributed by atoms with Crippen LogP contribution in [-0.2, 0) is 9.59 Å². The van der Waals surface area contributed by atoms with Crippen molar-refractivity contribution in [1.29, 1.82) is 5.41 Å². The molecule has 4 fully saturated rings. The number of alkyl halides is 2. The van der Waals surface area contributed by atoms with Crippen molar-refractivity contribution in [3.8, 4) is 0 Å². The number of halogens is 2. The van der Waals surface area contributed by atoms with Crippen LogP contribution < -0.4 is 16.8 Å². The molecule has 2 heterocycles. The van der Waals surface area contributed by atoms with Gasteiger partial charge in [-0.3, -0.25) is 19.9 Å². The molecule has 6 N–H and O–H groups in total. The molecule has 2 aliphatic carbocycles. The number of likely N-dealkylation sites (tertiary alicyclic amines) is 2. The molecule has 0 aromatic carbocycles. The lowest BCUT2D eigenvalue weighted by Gasteiger charge is -2.40. The third kappa shape index (κ3) is 5.70. The highest BCUT2D eigenvalue weighted by Gasteiger charge is 2.51. The van der Waals surface area contributed by atoms with Gasteiger partial charge in [-0.2, -0.15) is 0 Å². The first-order valence-electron chi connectivity index (χ1n) is 12.9. The zero-order valence-corrected chi connectivity index (χ0v) is 20.0. The summed E-state index contributed by atoms with van der Waals surface area (Å²) in [5.41, 5.74) is 11.4. The smallest absolute Gasteiger partial charge is 0.267 e. The van der Waals surface area contributed by atoms with Crippen molar-refractivity contribution >= 4 is 17.6 Å². The maximum absolute atomic E-state index is 13.9. The summed E-state index contributed by atoms with van der Waals surface area (Å²) in [5.74, 6) is -2.12. The van der Waals surface area contributed by atoms with Crippen molar-refractivity contribution in [3.05, 3.63) is 0 Å². The molecule has 0 spiro atoms. The van der Waals surface area contributed by atoms with Crippen LogP contribution in [0.1, 0.15) is 64.2 Å². The van der Waals surface area contributed by atoms with Crippen molar-refractivity contribution in [2.45, 2.75) is 88.3 Å². The molecule has 2 aliphatic heterocycles. The SMILES string of the molecule is N=C(N)C1CCC2CC(C(=O)N3CCC(F)(F)C3)N(CC3CCCC(NC(=O)CCN)C3)C2C1. The Morgan fingerprint density at radius 2 is 1.91 bits per heavy atom. The van der Waals surface area contributed by atoms with Crippen LogP contribution >= 0.6 is 0 Å². The minimum absolute atomic E-state index is 0.0170. The molecule has 4 rings (SSSR count). The lowest BCUT2D eigenvalue weighted by molar-refractivity contribution is -0.137. The molecule has 8 nitrogen and oxygen atoms in total. The molecule has 192 valence electrons. The van der Waals surface area contributed by atoms with Gasteiger partial charge in [0.05, 0.1) is 18.4 Å². The molecule has 2 saturated carbocycles. The summed E-state index contributed by atoms with van der Waals surface area (Å²) in [6.45, 7) is 0.672. The zero-order chi connectivity index (χ0) is 24.5. The highest BCUT2D eigenvalue weighted by molar-refractivity contribution is 5.83. The van der Waals surface area contributed by atoms with E-state index in [1.807, 2.05) is 0 Å². The average Bonchev–Trinajstić information content (AvgIpc) is 3.33. The number of carbonyl (C=O) groups excluding carboxylic acids is 2. The quantitative estimate of drug-likeness (QED) is 0.324. The van der Waals surface area contributed by atoms with E-state index in [2.05, 4.69) is 10.2 Å². The molecule has 0 aromatic rings. The first-order chi connectivity index (χ1) is 16.2. The molecule has 6 unspecified atom stereocenters. The van der Waals surface area contributed by atoms with Crippen molar-refractivity contribution in [2.75, 3.05) is 26.2 Å². The Morgan fingerprint density at radius 3 is 2.59 bits per heavy atom. The summed E-state index contributed by atoms with van der Waals surface area (Å²) in [4.78, 5) is 29.1. The van der Waals surface area contributed by atoms with E-state index in [1.54, 1.807) is 0 Å². The summed E-state index contributed by atoms with van der Waals surface area (Å²) in [7, 11) is 0. The van der Waals surface area contributed by atoms with Gasteiger partial charge in [-0.15, -0.1) is 0 Å². The van der Waals surface area contributed by atoms with Crippen molar-refractivity contribution < 1.29 is 18.4 Å². The molecule has 0 aromatic heterocycles. The van der Waals surface area contributed by atoms with Crippen LogP contribution in [0, 0.1) is 23.2 Å². The number of amidine groups is 1. The van der Waals surface area contributed by atoms with E-state index in [1.165, 1.54) is 4.90 Å². The molecular formula is C24H40F2N6O2. The number of carbonyl (C=O) groups is 2. The van der Waals surface area contributed by atoms with Gasteiger partial charge in [0.1, 0.15) is 0 Å². The Labute approximate surface area is 200 Å². The molecule has 0 bridgehead atoms. The molecule has 4 aliphatic rings. The Balaban J connectivity index is 1.47. The Morgan fingerprint density at radius 1 is 1.12 bits per heavy atom. The number of nitrogens with two attached hydrogens (primary N) is 2. The van der Waals surface area contributed by atoms with Crippen LogP contribution in [0.4, 0.5) is 8.78 Å². The van der Waals surface area contributed by atoms with Gasteiger partial charge in [-0.05, 0) is 56.8 Å². The van der Waals surface area contributed by atoms with E-state index < -0.39 is 12.5 Å². The van der Waals surface area contributed by atoms with Crippen LogP contribution in [0.2, 0.25) is 0 Å². The molecule has 6 atom stereocenters. The number of amides is 2. The van der Waals surface area contributed by atoms with Gasteiger partial charge in [0, 0.05) is 50.5 Å². The van der Waals surface area contributed by atoms with Gasteiger partial charge in [-0.1, -0.05) is 6.42 Å².